The highest BCUT2D eigenvalue weighted by molar-refractivity contribution is 4.85. The maximum Gasteiger partial charge on any atom is 0.0431 e. The molecule has 0 rings (SSSR count). The molecule has 3 N–H and O–H groups in total. The van der Waals surface area contributed by atoms with Crippen LogP contribution in [-0.2, 0) is 0 Å². The molecule has 0 fully saturated rings. The molecule has 0 bridgehead atoms. The van der Waals surface area contributed by atoms with Crippen LogP contribution in [0, 0.1) is 0 Å². The van der Waals surface area contributed by atoms with Crippen LogP contribution in [0.2, 0.25) is 0 Å². The zero-order valence-corrected chi connectivity index (χ0v) is 10.6. The Hall–Kier alpha value is -0.120. The molecule has 0 aromatic carbocycles. The molecule has 0 amide bonds. The Kier molecular flexibility index (Phi) is 8.02. The van der Waals surface area contributed by atoms with Crippen molar-refractivity contribution in [3.8, 4) is 0 Å². The molecule has 0 aliphatic carbocycles. The molecule has 3 nitrogen and oxygen atoms in total. The van der Waals surface area contributed by atoms with E-state index in [0.29, 0.717) is 6.61 Å². The second kappa shape index (κ2) is 8.08. The van der Waals surface area contributed by atoms with Crippen molar-refractivity contribution in [1.82, 2.24) is 4.90 Å². The first-order chi connectivity index (χ1) is 7.14. The number of aliphatic hydroxyl groups excluding tert-OH is 1. The van der Waals surface area contributed by atoms with Gasteiger partial charge in [-0.1, -0.05) is 13.8 Å². The maximum absolute atomic E-state index is 8.71. The molecule has 0 saturated heterocycles. The first-order valence-corrected chi connectivity index (χ1v) is 6.20. The standard InChI is InChI=1S/C12H28N2O/c1-4-12(3,11-13)14(5-2)9-7-6-8-10-15/h15H,4-11,13H2,1-3H3. The lowest BCUT2D eigenvalue weighted by atomic mass is 9.96. The minimum absolute atomic E-state index is 0.147. The molecule has 1 unspecified atom stereocenters. The first-order valence-electron chi connectivity index (χ1n) is 6.20. The number of hydrogen-bond donors (Lipinski definition) is 2. The summed E-state index contributed by atoms with van der Waals surface area (Å²) in [5.41, 5.74) is 5.99. The van der Waals surface area contributed by atoms with Gasteiger partial charge >= 0.3 is 0 Å². The van der Waals surface area contributed by atoms with Crippen LogP contribution in [0.4, 0.5) is 0 Å². The molecule has 0 radical (unpaired) electrons. The molecular weight excluding hydrogens is 188 g/mol. The number of rotatable bonds is 9. The third-order valence-electron chi connectivity index (χ3n) is 3.43. The molecule has 0 aliphatic heterocycles. The number of unbranched alkanes of at least 4 members (excludes halogenated alkanes) is 2. The summed E-state index contributed by atoms with van der Waals surface area (Å²) in [6.45, 7) is 9.81. The van der Waals surface area contributed by atoms with Gasteiger partial charge < -0.3 is 10.8 Å². The van der Waals surface area contributed by atoms with Gasteiger partial charge in [-0.2, -0.15) is 0 Å². The van der Waals surface area contributed by atoms with E-state index in [-0.39, 0.29) is 5.54 Å². The SMILES string of the molecule is CCN(CCCCCO)C(C)(CC)CN. The molecule has 0 heterocycles. The molecule has 0 aliphatic rings. The molecule has 0 aromatic rings. The Balaban J connectivity index is 3.99. The van der Waals surface area contributed by atoms with Gasteiger partial charge in [0.05, 0.1) is 0 Å². The molecule has 92 valence electrons. The third kappa shape index (κ3) is 4.96. The summed E-state index contributed by atoms with van der Waals surface area (Å²) in [5.74, 6) is 0. The lowest BCUT2D eigenvalue weighted by molar-refractivity contribution is 0.109. The molecule has 15 heavy (non-hydrogen) atoms. The van der Waals surface area contributed by atoms with Gasteiger partial charge in [0.2, 0.25) is 0 Å². The Labute approximate surface area is 94.6 Å². The van der Waals surface area contributed by atoms with Crippen LogP contribution in [-0.4, -0.2) is 41.8 Å². The van der Waals surface area contributed by atoms with E-state index in [1.165, 1.54) is 0 Å². The van der Waals surface area contributed by atoms with E-state index in [2.05, 4.69) is 25.7 Å². The van der Waals surface area contributed by atoms with E-state index in [9.17, 15) is 0 Å². The summed E-state index contributed by atoms with van der Waals surface area (Å²) in [4.78, 5) is 2.46. The fourth-order valence-corrected chi connectivity index (χ4v) is 1.90. The summed E-state index contributed by atoms with van der Waals surface area (Å²) >= 11 is 0. The van der Waals surface area contributed by atoms with Gasteiger partial charge in [0.15, 0.2) is 0 Å². The molecule has 0 spiro atoms. The monoisotopic (exact) mass is 216 g/mol. The number of nitrogens with two attached hydrogens (primary N) is 1. The number of nitrogens with zero attached hydrogens (tertiary/aromatic N) is 1. The summed E-state index contributed by atoms with van der Waals surface area (Å²) in [7, 11) is 0. The first kappa shape index (κ1) is 14.9. The second-order valence-corrected chi connectivity index (χ2v) is 4.42. The van der Waals surface area contributed by atoms with Crippen molar-refractivity contribution in [2.45, 2.75) is 52.0 Å². The molecule has 0 aromatic heterocycles. The quantitative estimate of drug-likeness (QED) is 0.576. The Morgan fingerprint density at radius 2 is 1.87 bits per heavy atom. The van der Waals surface area contributed by atoms with Crippen molar-refractivity contribution in [3.05, 3.63) is 0 Å². The molecule has 1 atom stereocenters. The van der Waals surface area contributed by atoms with E-state index in [0.717, 1.165) is 45.3 Å². The minimum atomic E-state index is 0.147. The van der Waals surface area contributed by atoms with Gasteiger partial charge in [-0.15, -0.1) is 0 Å². The predicted molar refractivity (Wildman–Crippen MR) is 65.9 cm³/mol. The fraction of sp³-hybridized carbons (Fsp3) is 1.00. The van der Waals surface area contributed by atoms with Crippen LogP contribution in [0.15, 0.2) is 0 Å². The van der Waals surface area contributed by atoms with Gasteiger partial charge in [-0.3, -0.25) is 4.90 Å². The largest absolute Gasteiger partial charge is 0.396 e. The summed E-state index contributed by atoms with van der Waals surface area (Å²) < 4.78 is 0. The van der Waals surface area contributed by atoms with Gasteiger partial charge in [0.1, 0.15) is 0 Å². The normalized spacial score (nSPS) is 15.6. The summed E-state index contributed by atoms with van der Waals surface area (Å²) in [5, 5.41) is 8.71. The van der Waals surface area contributed by atoms with Crippen LogP contribution in [0.5, 0.6) is 0 Å². The van der Waals surface area contributed by atoms with Crippen molar-refractivity contribution in [3.63, 3.8) is 0 Å². The highest BCUT2D eigenvalue weighted by Crippen LogP contribution is 2.18. The van der Waals surface area contributed by atoms with Crippen molar-refractivity contribution < 1.29 is 5.11 Å². The predicted octanol–water partition coefficient (Wildman–Crippen LogP) is 1.60. The fourth-order valence-electron chi connectivity index (χ4n) is 1.90. The van der Waals surface area contributed by atoms with E-state index in [1.54, 1.807) is 0 Å². The van der Waals surface area contributed by atoms with Crippen molar-refractivity contribution in [2.24, 2.45) is 5.73 Å². The van der Waals surface area contributed by atoms with Gasteiger partial charge in [0.25, 0.3) is 0 Å². The topological polar surface area (TPSA) is 49.5 Å². The minimum Gasteiger partial charge on any atom is -0.396 e. The summed E-state index contributed by atoms with van der Waals surface area (Å²) in [6.07, 6.45) is 4.28. The van der Waals surface area contributed by atoms with Crippen molar-refractivity contribution >= 4 is 0 Å². The Bertz CT molecular complexity index is 147. The number of likely N-dealkylation sites (N-methyl/N-ethyl adjacent to an activating group) is 1. The molecule has 3 heteroatoms. The van der Waals surface area contributed by atoms with Gasteiger partial charge in [0, 0.05) is 18.7 Å². The Morgan fingerprint density at radius 1 is 1.20 bits per heavy atom. The van der Waals surface area contributed by atoms with Crippen molar-refractivity contribution in [1.29, 1.82) is 0 Å². The smallest absolute Gasteiger partial charge is 0.0431 e. The summed E-state index contributed by atoms with van der Waals surface area (Å²) in [6, 6.07) is 0. The van der Waals surface area contributed by atoms with E-state index in [4.69, 9.17) is 10.8 Å². The average Bonchev–Trinajstić information content (AvgIpc) is 2.28. The van der Waals surface area contributed by atoms with E-state index >= 15 is 0 Å². The Morgan fingerprint density at radius 3 is 2.27 bits per heavy atom. The zero-order valence-electron chi connectivity index (χ0n) is 10.6. The van der Waals surface area contributed by atoms with Crippen molar-refractivity contribution in [2.75, 3.05) is 26.2 Å². The average molecular weight is 216 g/mol. The van der Waals surface area contributed by atoms with Crippen LogP contribution in [0.1, 0.15) is 46.5 Å². The third-order valence-corrected chi connectivity index (χ3v) is 3.43. The van der Waals surface area contributed by atoms with E-state index in [1.807, 2.05) is 0 Å². The van der Waals surface area contributed by atoms with Crippen LogP contribution >= 0.6 is 0 Å². The zero-order chi connectivity index (χ0) is 11.7. The highest BCUT2D eigenvalue weighted by Gasteiger charge is 2.26. The highest BCUT2D eigenvalue weighted by atomic mass is 16.2. The van der Waals surface area contributed by atoms with Crippen LogP contribution < -0.4 is 5.73 Å². The van der Waals surface area contributed by atoms with Gasteiger partial charge in [-0.05, 0) is 45.7 Å². The van der Waals surface area contributed by atoms with E-state index < -0.39 is 0 Å². The number of aliphatic hydroxyl groups is 1. The number of hydrogen-bond acceptors (Lipinski definition) is 3. The lowest BCUT2D eigenvalue weighted by Gasteiger charge is -2.39. The van der Waals surface area contributed by atoms with Crippen LogP contribution in [0.3, 0.4) is 0 Å². The maximum atomic E-state index is 8.71. The lowest BCUT2D eigenvalue weighted by Crippen LogP contribution is -2.51. The molecular formula is C12H28N2O. The molecule has 0 saturated carbocycles. The van der Waals surface area contributed by atoms with Crippen LogP contribution in [0.25, 0.3) is 0 Å². The van der Waals surface area contributed by atoms with Gasteiger partial charge in [-0.25, -0.2) is 0 Å². The second-order valence-electron chi connectivity index (χ2n) is 4.42.